The van der Waals surface area contributed by atoms with Crippen molar-refractivity contribution in [1.82, 2.24) is 5.32 Å². The molecule has 1 saturated carbocycles. The van der Waals surface area contributed by atoms with Crippen LogP contribution in [0.1, 0.15) is 54.4 Å². The molecule has 0 aliphatic heterocycles. The van der Waals surface area contributed by atoms with Crippen molar-refractivity contribution in [2.45, 2.75) is 44.9 Å². The maximum absolute atomic E-state index is 11.8. The standard InChI is InChI=1S/C17H21NO3/c19-16-9-6-13-10-14(7-8-15(13)16)21-17(20)18-11-12-4-2-1-3-5-12/h7-8,10,12H,1-6,9,11H2,(H,18,20). The Bertz CT molecular complexity index is 547. The second kappa shape index (κ2) is 6.29. The Balaban J connectivity index is 1.51. The van der Waals surface area contributed by atoms with Crippen molar-refractivity contribution < 1.29 is 14.3 Å². The molecule has 1 N–H and O–H groups in total. The molecule has 0 heterocycles. The van der Waals surface area contributed by atoms with Gasteiger partial charge in [-0.1, -0.05) is 19.3 Å². The molecule has 2 aliphatic rings. The monoisotopic (exact) mass is 287 g/mol. The molecule has 1 aromatic rings. The van der Waals surface area contributed by atoms with Crippen LogP contribution in [0.25, 0.3) is 0 Å². The zero-order valence-electron chi connectivity index (χ0n) is 12.2. The van der Waals surface area contributed by atoms with Crippen molar-refractivity contribution >= 4 is 11.9 Å². The first-order valence-electron chi connectivity index (χ1n) is 7.84. The smallest absolute Gasteiger partial charge is 0.410 e. The van der Waals surface area contributed by atoms with E-state index in [1.165, 1.54) is 32.1 Å². The largest absolute Gasteiger partial charge is 0.412 e. The van der Waals surface area contributed by atoms with E-state index in [-0.39, 0.29) is 5.78 Å². The lowest BCUT2D eigenvalue weighted by Crippen LogP contribution is -2.32. The second-order valence-corrected chi connectivity index (χ2v) is 6.02. The van der Waals surface area contributed by atoms with E-state index >= 15 is 0 Å². The maximum atomic E-state index is 11.8. The van der Waals surface area contributed by atoms with Gasteiger partial charge < -0.3 is 10.1 Å². The molecule has 2 aliphatic carbocycles. The van der Waals surface area contributed by atoms with Gasteiger partial charge in [-0.25, -0.2) is 4.79 Å². The number of ether oxygens (including phenoxy) is 1. The van der Waals surface area contributed by atoms with Crippen molar-refractivity contribution in [1.29, 1.82) is 0 Å². The van der Waals surface area contributed by atoms with E-state index in [1.54, 1.807) is 18.2 Å². The third-order valence-corrected chi connectivity index (χ3v) is 4.47. The minimum Gasteiger partial charge on any atom is -0.410 e. The molecular formula is C17H21NO3. The molecule has 4 heteroatoms. The number of amides is 1. The molecule has 0 unspecified atom stereocenters. The number of fused-ring (bicyclic) bond motifs is 1. The summed E-state index contributed by atoms with van der Waals surface area (Å²) in [5.41, 5.74) is 1.75. The van der Waals surface area contributed by atoms with Gasteiger partial charge in [-0.05, 0) is 48.9 Å². The average molecular weight is 287 g/mol. The summed E-state index contributed by atoms with van der Waals surface area (Å²) < 4.78 is 5.30. The number of aryl methyl sites for hydroxylation is 1. The van der Waals surface area contributed by atoms with Gasteiger partial charge in [0.05, 0.1) is 0 Å². The summed E-state index contributed by atoms with van der Waals surface area (Å²) in [6, 6.07) is 5.26. The number of rotatable bonds is 3. The van der Waals surface area contributed by atoms with Crippen LogP contribution in [0.5, 0.6) is 5.75 Å². The van der Waals surface area contributed by atoms with Crippen molar-refractivity contribution in [2.24, 2.45) is 5.92 Å². The predicted molar refractivity (Wildman–Crippen MR) is 79.7 cm³/mol. The number of nitrogens with one attached hydrogen (secondary N) is 1. The SMILES string of the molecule is O=C(NCC1CCCCC1)Oc1ccc2c(c1)CCC2=O. The molecule has 3 rings (SSSR count). The molecule has 0 atom stereocenters. The third-order valence-electron chi connectivity index (χ3n) is 4.47. The zero-order chi connectivity index (χ0) is 14.7. The molecule has 21 heavy (non-hydrogen) atoms. The Labute approximate surface area is 124 Å². The molecular weight excluding hydrogens is 266 g/mol. The highest BCUT2D eigenvalue weighted by Gasteiger charge is 2.20. The first kappa shape index (κ1) is 14.1. The summed E-state index contributed by atoms with van der Waals surface area (Å²) in [5, 5.41) is 2.85. The summed E-state index contributed by atoms with van der Waals surface area (Å²) >= 11 is 0. The highest BCUT2D eigenvalue weighted by atomic mass is 16.6. The lowest BCUT2D eigenvalue weighted by atomic mass is 9.89. The fourth-order valence-corrected chi connectivity index (χ4v) is 3.26. The van der Waals surface area contributed by atoms with E-state index in [1.807, 2.05) is 0 Å². The Morgan fingerprint density at radius 2 is 2.00 bits per heavy atom. The fraction of sp³-hybridized carbons (Fsp3) is 0.529. The Hall–Kier alpha value is -1.84. The van der Waals surface area contributed by atoms with Crippen LogP contribution in [0.2, 0.25) is 0 Å². The fourth-order valence-electron chi connectivity index (χ4n) is 3.26. The van der Waals surface area contributed by atoms with Crippen molar-refractivity contribution in [2.75, 3.05) is 6.54 Å². The molecule has 1 amide bonds. The highest BCUT2D eigenvalue weighted by molar-refractivity contribution is 6.00. The van der Waals surface area contributed by atoms with E-state index in [4.69, 9.17) is 4.74 Å². The van der Waals surface area contributed by atoms with Crippen LogP contribution in [0.15, 0.2) is 18.2 Å². The third kappa shape index (κ3) is 3.43. The van der Waals surface area contributed by atoms with Gasteiger partial charge in [0.15, 0.2) is 5.78 Å². The Kier molecular flexibility index (Phi) is 4.23. The predicted octanol–water partition coefficient (Wildman–Crippen LogP) is 3.48. The van der Waals surface area contributed by atoms with E-state index in [2.05, 4.69) is 5.32 Å². The van der Waals surface area contributed by atoms with Crippen LogP contribution in [0.3, 0.4) is 0 Å². The van der Waals surface area contributed by atoms with Crippen molar-refractivity contribution in [3.63, 3.8) is 0 Å². The first-order valence-corrected chi connectivity index (χ1v) is 7.84. The van der Waals surface area contributed by atoms with Crippen molar-refractivity contribution in [3.05, 3.63) is 29.3 Å². The summed E-state index contributed by atoms with van der Waals surface area (Å²) in [6.07, 6.45) is 7.14. The number of ketones is 1. The molecule has 0 aromatic heterocycles. The van der Waals surface area contributed by atoms with Crippen LogP contribution in [-0.2, 0) is 6.42 Å². The van der Waals surface area contributed by atoms with Gasteiger partial charge in [0.25, 0.3) is 0 Å². The van der Waals surface area contributed by atoms with Gasteiger partial charge in [0, 0.05) is 18.5 Å². The maximum Gasteiger partial charge on any atom is 0.412 e. The number of carbonyl (C=O) groups is 2. The van der Waals surface area contributed by atoms with Crippen LogP contribution in [0, 0.1) is 5.92 Å². The van der Waals surface area contributed by atoms with E-state index < -0.39 is 6.09 Å². The van der Waals surface area contributed by atoms with Gasteiger partial charge in [0.1, 0.15) is 5.75 Å². The van der Waals surface area contributed by atoms with Crippen molar-refractivity contribution in [3.8, 4) is 5.75 Å². The number of hydrogen-bond donors (Lipinski definition) is 1. The molecule has 0 radical (unpaired) electrons. The normalized spacial score (nSPS) is 18.4. The summed E-state index contributed by atoms with van der Waals surface area (Å²) in [5.74, 6) is 1.28. The summed E-state index contributed by atoms with van der Waals surface area (Å²) in [6.45, 7) is 0.697. The molecule has 112 valence electrons. The number of carbonyl (C=O) groups excluding carboxylic acids is 2. The highest BCUT2D eigenvalue weighted by Crippen LogP contribution is 2.26. The molecule has 1 fully saturated rings. The number of benzene rings is 1. The van der Waals surface area contributed by atoms with Gasteiger partial charge in [0.2, 0.25) is 0 Å². The van der Waals surface area contributed by atoms with E-state index in [9.17, 15) is 9.59 Å². The van der Waals surface area contributed by atoms with Crippen LogP contribution in [0.4, 0.5) is 4.79 Å². The lowest BCUT2D eigenvalue weighted by Gasteiger charge is -2.21. The Morgan fingerprint density at radius 1 is 1.19 bits per heavy atom. The molecule has 0 saturated heterocycles. The van der Waals surface area contributed by atoms with Gasteiger partial charge in [-0.3, -0.25) is 4.79 Å². The van der Waals surface area contributed by atoms with Crippen LogP contribution in [-0.4, -0.2) is 18.4 Å². The minimum atomic E-state index is -0.398. The molecule has 4 nitrogen and oxygen atoms in total. The molecule has 0 spiro atoms. The average Bonchev–Trinajstić information content (AvgIpc) is 2.87. The van der Waals surface area contributed by atoms with Gasteiger partial charge in [-0.15, -0.1) is 0 Å². The second-order valence-electron chi connectivity index (χ2n) is 6.02. The van der Waals surface area contributed by atoms with Gasteiger partial charge in [-0.2, -0.15) is 0 Å². The zero-order valence-corrected chi connectivity index (χ0v) is 12.2. The quantitative estimate of drug-likeness (QED) is 0.926. The van der Waals surface area contributed by atoms with Gasteiger partial charge >= 0.3 is 6.09 Å². The van der Waals surface area contributed by atoms with E-state index in [0.29, 0.717) is 24.6 Å². The van der Waals surface area contributed by atoms with E-state index in [0.717, 1.165) is 17.5 Å². The minimum absolute atomic E-state index is 0.179. The number of Topliss-reactive ketones (excluding diaryl/α,β-unsaturated/α-hetero) is 1. The number of hydrogen-bond acceptors (Lipinski definition) is 3. The summed E-state index contributed by atoms with van der Waals surface area (Å²) in [4.78, 5) is 23.4. The van der Waals surface area contributed by atoms with Crippen LogP contribution >= 0.6 is 0 Å². The Morgan fingerprint density at radius 3 is 2.81 bits per heavy atom. The lowest BCUT2D eigenvalue weighted by molar-refractivity contribution is 0.0994. The summed E-state index contributed by atoms with van der Waals surface area (Å²) in [7, 11) is 0. The van der Waals surface area contributed by atoms with Crippen LogP contribution < -0.4 is 10.1 Å². The topological polar surface area (TPSA) is 55.4 Å². The molecule has 1 aromatic carbocycles. The molecule has 0 bridgehead atoms. The first-order chi connectivity index (χ1) is 10.2.